The van der Waals surface area contributed by atoms with Crippen LogP contribution in [0.15, 0.2) is 42.5 Å². The third kappa shape index (κ3) is 2.62. The summed E-state index contributed by atoms with van der Waals surface area (Å²) in [4.78, 5) is 30.9. The van der Waals surface area contributed by atoms with Crippen LogP contribution in [-0.4, -0.2) is 41.6 Å². The molecule has 1 saturated heterocycles. The first-order chi connectivity index (χ1) is 14.9. The molecule has 1 aromatic heterocycles. The summed E-state index contributed by atoms with van der Waals surface area (Å²) < 4.78 is 19.4. The molecule has 2 atom stereocenters. The van der Waals surface area contributed by atoms with Crippen LogP contribution in [0.25, 0.3) is 10.9 Å². The van der Waals surface area contributed by atoms with Gasteiger partial charge >= 0.3 is 5.97 Å². The number of anilines is 1. The quantitative estimate of drug-likeness (QED) is 0.627. The van der Waals surface area contributed by atoms with Crippen molar-refractivity contribution in [3.05, 3.63) is 65.1 Å². The number of rotatable bonds is 3. The molecule has 0 bridgehead atoms. The van der Waals surface area contributed by atoms with Crippen molar-refractivity contribution in [3.8, 4) is 0 Å². The maximum Gasteiger partial charge on any atom is 0.354 e. The highest BCUT2D eigenvalue weighted by Crippen LogP contribution is 2.55. The van der Waals surface area contributed by atoms with Crippen molar-refractivity contribution in [3.63, 3.8) is 0 Å². The summed E-state index contributed by atoms with van der Waals surface area (Å²) in [6.07, 6.45) is 0.221. The second kappa shape index (κ2) is 6.83. The fourth-order valence-electron chi connectivity index (χ4n) is 5.31. The van der Waals surface area contributed by atoms with Crippen LogP contribution in [0.3, 0.4) is 0 Å². The summed E-state index contributed by atoms with van der Waals surface area (Å²) in [6, 6.07) is 12.3. The van der Waals surface area contributed by atoms with E-state index in [1.807, 2.05) is 43.0 Å². The number of H-pyrrole nitrogens is 1. The number of nitrogens with zero attached hydrogens (tertiary/aromatic N) is 1. The van der Waals surface area contributed by atoms with E-state index in [2.05, 4.69) is 10.3 Å². The number of fused-ring (bicyclic) bond motifs is 4. The number of hydrogen-bond acceptors (Lipinski definition) is 4. The molecule has 31 heavy (non-hydrogen) atoms. The first kappa shape index (κ1) is 19.6. The Kier molecular flexibility index (Phi) is 4.32. The molecule has 160 valence electrons. The minimum atomic E-state index is -0.712. The van der Waals surface area contributed by atoms with Gasteiger partial charge < -0.3 is 19.9 Å². The standard InChI is InChI=1S/C24H24FN3O3/c1-13(2)21(29)28-11-10-24(16-6-4-5-7-18(16)27-23(24)28)19-15-12-14(25)8-9-17(15)26-20(19)22(30)31-3/h4-9,12-13,23,26-27H,10-11H2,1-3H3. The average molecular weight is 421 g/mol. The van der Waals surface area contributed by atoms with E-state index in [1.54, 1.807) is 6.07 Å². The molecule has 2 N–H and O–H groups in total. The van der Waals surface area contributed by atoms with E-state index in [-0.39, 0.29) is 23.8 Å². The molecule has 5 rings (SSSR count). The molecule has 3 aromatic rings. The van der Waals surface area contributed by atoms with E-state index in [0.717, 1.165) is 11.3 Å². The third-order valence-corrected chi connectivity index (χ3v) is 6.60. The van der Waals surface area contributed by atoms with Gasteiger partial charge in [-0.3, -0.25) is 4.79 Å². The predicted molar refractivity (Wildman–Crippen MR) is 115 cm³/mol. The number of esters is 1. The number of methoxy groups -OCH3 is 1. The van der Waals surface area contributed by atoms with Crippen LogP contribution in [0, 0.1) is 11.7 Å². The number of hydrogen-bond donors (Lipinski definition) is 2. The van der Waals surface area contributed by atoms with Crippen LogP contribution in [-0.2, 0) is 14.9 Å². The van der Waals surface area contributed by atoms with Gasteiger partial charge in [-0.2, -0.15) is 0 Å². The van der Waals surface area contributed by atoms with E-state index < -0.39 is 11.4 Å². The SMILES string of the molecule is COC(=O)c1[nH]c2ccc(F)cc2c1C12CCN(C(=O)C(C)C)C1Nc1ccccc12. The summed E-state index contributed by atoms with van der Waals surface area (Å²) in [5.74, 6) is -1.03. The fraction of sp³-hybridized carbons (Fsp3) is 0.333. The zero-order chi connectivity index (χ0) is 21.9. The van der Waals surface area contributed by atoms with Gasteiger partial charge in [0, 0.05) is 34.6 Å². The van der Waals surface area contributed by atoms with Crippen LogP contribution in [0.1, 0.15) is 41.9 Å². The van der Waals surface area contributed by atoms with Crippen LogP contribution < -0.4 is 5.32 Å². The van der Waals surface area contributed by atoms with Crippen molar-refractivity contribution in [2.75, 3.05) is 19.0 Å². The molecule has 1 amide bonds. The summed E-state index contributed by atoms with van der Waals surface area (Å²) >= 11 is 0. The van der Waals surface area contributed by atoms with E-state index in [1.165, 1.54) is 19.2 Å². The van der Waals surface area contributed by atoms with E-state index >= 15 is 0 Å². The summed E-state index contributed by atoms with van der Waals surface area (Å²) in [7, 11) is 1.33. The minimum Gasteiger partial charge on any atom is -0.464 e. The zero-order valence-corrected chi connectivity index (χ0v) is 17.7. The molecule has 2 aromatic carbocycles. The molecule has 0 saturated carbocycles. The maximum absolute atomic E-state index is 14.3. The summed E-state index contributed by atoms with van der Waals surface area (Å²) in [6.45, 7) is 4.29. The molecule has 2 aliphatic rings. The largest absolute Gasteiger partial charge is 0.464 e. The van der Waals surface area contributed by atoms with Gasteiger partial charge in [-0.1, -0.05) is 32.0 Å². The number of benzene rings is 2. The number of likely N-dealkylation sites (tertiary alicyclic amines) is 1. The molecule has 0 aliphatic carbocycles. The Morgan fingerprint density at radius 3 is 2.74 bits per heavy atom. The first-order valence-electron chi connectivity index (χ1n) is 10.4. The van der Waals surface area contributed by atoms with Gasteiger partial charge in [0.05, 0.1) is 12.5 Å². The lowest BCUT2D eigenvalue weighted by atomic mass is 9.72. The number of ether oxygens (including phenoxy) is 1. The number of amides is 1. The Balaban J connectivity index is 1.83. The second-order valence-electron chi connectivity index (χ2n) is 8.56. The smallest absolute Gasteiger partial charge is 0.354 e. The van der Waals surface area contributed by atoms with Gasteiger partial charge in [0.2, 0.25) is 5.91 Å². The molecule has 2 unspecified atom stereocenters. The van der Waals surface area contributed by atoms with E-state index in [0.29, 0.717) is 35.1 Å². The number of aromatic nitrogens is 1. The minimum absolute atomic E-state index is 0.0396. The lowest BCUT2D eigenvalue weighted by Crippen LogP contribution is -2.48. The molecular weight excluding hydrogens is 397 g/mol. The highest BCUT2D eigenvalue weighted by atomic mass is 19.1. The van der Waals surface area contributed by atoms with Crippen LogP contribution in [0.5, 0.6) is 0 Å². The molecule has 7 heteroatoms. The molecule has 0 radical (unpaired) electrons. The van der Waals surface area contributed by atoms with Crippen molar-refractivity contribution in [1.82, 2.24) is 9.88 Å². The lowest BCUT2D eigenvalue weighted by molar-refractivity contribution is -0.135. The Labute approximate surface area is 179 Å². The van der Waals surface area contributed by atoms with Crippen molar-refractivity contribution in [1.29, 1.82) is 0 Å². The normalized spacial score (nSPS) is 21.8. The first-order valence-corrected chi connectivity index (χ1v) is 10.4. The van der Waals surface area contributed by atoms with Gasteiger partial charge in [0.1, 0.15) is 17.7 Å². The van der Waals surface area contributed by atoms with Crippen molar-refractivity contribution in [2.24, 2.45) is 5.92 Å². The molecule has 2 aliphatic heterocycles. The number of para-hydroxylation sites is 1. The number of nitrogens with one attached hydrogen (secondary N) is 2. The monoisotopic (exact) mass is 421 g/mol. The van der Waals surface area contributed by atoms with Gasteiger partial charge in [0.25, 0.3) is 0 Å². The van der Waals surface area contributed by atoms with Crippen molar-refractivity contribution >= 4 is 28.5 Å². The third-order valence-electron chi connectivity index (χ3n) is 6.60. The molecule has 3 heterocycles. The topological polar surface area (TPSA) is 74.4 Å². The Morgan fingerprint density at radius 1 is 1.23 bits per heavy atom. The van der Waals surface area contributed by atoms with Gasteiger partial charge in [-0.05, 0) is 36.2 Å². The number of carbonyl (C=O) groups excluding carboxylic acids is 2. The summed E-state index contributed by atoms with van der Waals surface area (Å²) in [5.41, 5.74) is 2.82. The Hall–Kier alpha value is -3.35. The number of carbonyl (C=O) groups is 2. The fourth-order valence-corrected chi connectivity index (χ4v) is 5.31. The lowest BCUT2D eigenvalue weighted by Gasteiger charge is -2.34. The van der Waals surface area contributed by atoms with Gasteiger partial charge in [0.15, 0.2) is 0 Å². The van der Waals surface area contributed by atoms with Crippen molar-refractivity contribution in [2.45, 2.75) is 31.8 Å². The van der Waals surface area contributed by atoms with Gasteiger partial charge in [-0.15, -0.1) is 0 Å². The second-order valence-corrected chi connectivity index (χ2v) is 8.56. The summed E-state index contributed by atoms with van der Waals surface area (Å²) in [5, 5.41) is 4.15. The molecule has 1 fully saturated rings. The molecule has 0 spiro atoms. The Morgan fingerprint density at radius 2 is 2.00 bits per heavy atom. The maximum atomic E-state index is 14.3. The van der Waals surface area contributed by atoms with Crippen LogP contribution >= 0.6 is 0 Å². The van der Waals surface area contributed by atoms with Crippen LogP contribution in [0.2, 0.25) is 0 Å². The zero-order valence-electron chi connectivity index (χ0n) is 17.7. The number of halogens is 1. The highest BCUT2D eigenvalue weighted by Gasteiger charge is 2.58. The van der Waals surface area contributed by atoms with Crippen molar-refractivity contribution < 1.29 is 18.7 Å². The molecule has 6 nitrogen and oxygen atoms in total. The molecular formula is C24H24FN3O3. The highest BCUT2D eigenvalue weighted by molar-refractivity contribution is 6.00. The van der Waals surface area contributed by atoms with Crippen LogP contribution in [0.4, 0.5) is 10.1 Å². The average Bonchev–Trinajstić information content (AvgIpc) is 3.40. The Bertz CT molecular complexity index is 1220. The predicted octanol–water partition coefficient (Wildman–Crippen LogP) is 4.02. The van der Waals surface area contributed by atoms with E-state index in [4.69, 9.17) is 4.74 Å². The van der Waals surface area contributed by atoms with Gasteiger partial charge in [-0.25, -0.2) is 9.18 Å². The van der Waals surface area contributed by atoms with E-state index in [9.17, 15) is 14.0 Å². The number of aromatic amines is 1.